The van der Waals surface area contributed by atoms with Crippen molar-refractivity contribution in [2.45, 2.75) is 32.8 Å². The fourth-order valence-corrected chi connectivity index (χ4v) is 1.43. The van der Waals surface area contributed by atoms with Crippen LogP contribution in [0.2, 0.25) is 0 Å². The van der Waals surface area contributed by atoms with Gasteiger partial charge in [-0.25, -0.2) is 0 Å². The molecule has 0 aliphatic heterocycles. The maximum absolute atomic E-state index is 12.0. The Hall–Kier alpha value is -1.66. The van der Waals surface area contributed by atoms with Gasteiger partial charge in [-0.3, -0.25) is 4.79 Å². The first-order valence-corrected chi connectivity index (χ1v) is 5.52. The lowest BCUT2D eigenvalue weighted by atomic mass is 9.74. The highest BCUT2D eigenvalue weighted by Crippen LogP contribution is 2.33. The predicted molar refractivity (Wildman–Crippen MR) is 65.4 cm³/mol. The quantitative estimate of drug-likeness (QED) is 0.642. The second kappa shape index (κ2) is 4.68. The predicted octanol–water partition coefficient (Wildman–Crippen LogP) is 2.56. The molecule has 1 aromatic rings. The Morgan fingerprint density at radius 3 is 2.24 bits per heavy atom. The minimum Gasteiger partial charge on any atom is -0.374 e. The van der Waals surface area contributed by atoms with Crippen molar-refractivity contribution in [3.63, 3.8) is 0 Å². The number of nitriles is 1. The molecule has 1 N–H and O–H groups in total. The molecule has 0 amide bonds. The van der Waals surface area contributed by atoms with Gasteiger partial charge < -0.3 is 5.11 Å². The summed E-state index contributed by atoms with van der Waals surface area (Å²) in [7, 11) is 0. The standard InChI is InChI=1S/C14H17NO2/c1-13(2,3)14(17,10-15)9-12(16)11-7-5-4-6-8-11/h4-8,17H,9H2,1-3H3. The average Bonchev–Trinajstić information content (AvgIpc) is 2.28. The summed E-state index contributed by atoms with van der Waals surface area (Å²) in [4.78, 5) is 12.0. The molecule has 1 atom stereocenters. The van der Waals surface area contributed by atoms with Crippen molar-refractivity contribution in [3.8, 4) is 6.07 Å². The lowest BCUT2D eigenvalue weighted by Gasteiger charge is -2.33. The van der Waals surface area contributed by atoms with Crippen molar-refractivity contribution in [3.05, 3.63) is 35.9 Å². The van der Waals surface area contributed by atoms with Gasteiger partial charge >= 0.3 is 0 Å². The van der Waals surface area contributed by atoms with Crippen molar-refractivity contribution < 1.29 is 9.90 Å². The van der Waals surface area contributed by atoms with Crippen LogP contribution in [0.4, 0.5) is 0 Å². The van der Waals surface area contributed by atoms with Crippen LogP contribution >= 0.6 is 0 Å². The van der Waals surface area contributed by atoms with Crippen LogP contribution < -0.4 is 0 Å². The number of ketones is 1. The molecule has 3 heteroatoms. The van der Waals surface area contributed by atoms with E-state index < -0.39 is 11.0 Å². The van der Waals surface area contributed by atoms with Crippen LogP contribution in [-0.2, 0) is 0 Å². The van der Waals surface area contributed by atoms with E-state index in [1.54, 1.807) is 45.0 Å². The van der Waals surface area contributed by atoms with Crippen LogP contribution in [-0.4, -0.2) is 16.5 Å². The third kappa shape index (κ3) is 2.92. The van der Waals surface area contributed by atoms with Gasteiger partial charge in [-0.1, -0.05) is 51.1 Å². The number of rotatable bonds is 3. The van der Waals surface area contributed by atoms with Crippen molar-refractivity contribution in [2.75, 3.05) is 0 Å². The van der Waals surface area contributed by atoms with E-state index in [-0.39, 0.29) is 12.2 Å². The van der Waals surface area contributed by atoms with E-state index in [1.807, 2.05) is 12.1 Å². The van der Waals surface area contributed by atoms with E-state index in [2.05, 4.69) is 0 Å². The number of nitrogens with zero attached hydrogens (tertiary/aromatic N) is 1. The lowest BCUT2D eigenvalue weighted by Crippen LogP contribution is -2.43. The number of carbonyl (C=O) groups is 1. The number of benzene rings is 1. The number of hydrogen-bond acceptors (Lipinski definition) is 3. The Morgan fingerprint density at radius 2 is 1.82 bits per heavy atom. The second-order valence-corrected chi connectivity index (χ2v) is 5.19. The molecule has 1 rings (SSSR count). The average molecular weight is 231 g/mol. The maximum Gasteiger partial charge on any atom is 0.166 e. The summed E-state index contributed by atoms with van der Waals surface area (Å²) < 4.78 is 0. The van der Waals surface area contributed by atoms with Crippen molar-refractivity contribution in [1.29, 1.82) is 5.26 Å². The number of Topliss-reactive ketones (excluding diaryl/α,β-unsaturated/α-hetero) is 1. The molecule has 0 saturated heterocycles. The van der Waals surface area contributed by atoms with Crippen LogP contribution in [0.25, 0.3) is 0 Å². The second-order valence-electron chi connectivity index (χ2n) is 5.19. The molecule has 1 aromatic carbocycles. The summed E-state index contributed by atoms with van der Waals surface area (Å²) in [6, 6.07) is 10.6. The molecule has 0 fully saturated rings. The highest BCUT2D eigenvalue weighted by atomic mass is 16.3. The van der Waals surface area contributed by atoms with Gasteiger partial charge in [-0.15, -0.1) is 0 Å². The lowest BCUT2D eigenvalue weighted by molar-refractivity contribution is -0.00903. The first kappa shape index (κ1) is 13.4. The summed E-state index contributed by atoms with van der Waals surface area (Å²) in [5, 5.41) is 19.3. The third-order valence-electron chi connectivity index (χ3n) is 2.94. The summed E-state index contributed by atoms with van der Waals surface area (Å²) in [5.74, 6) is -0.218. The van der Waals surface area contributed by atoms with E-state index in [9.17, 15) is 9.90 Å². The molecule has 0 bridgehead atoms. The Labute approximate surface area is 102 Å². The molecular weight excluding hydrogens is 214 g/mol. The Morgan fingerprint density at radius 1 is 1.29 bits per heavy atom. The van der Waals surface area contributed by atoms with Gasteiger partial charge in [-0.05, 0) is 0 Å². The van der Waals surface area contributed by atoms with Gasteiger partial charge in [0.15, 0.2) is 11.4 Å². The zero-order valence-corrected chi connectivity index (χ0v) is 10.4. The Balaban J connectivity index is 2.93. The van der Waals surface area contributed by atoms with E-state index in [0.29, 0.717) is 5.56 Å². The monoisotopic (exact) mass is 231 g/mol. The number of aliphatic hydroxyl groups is 1. The Bertz CT molecular complexity index is 440. The fraction of sp³-hybridized carbons (Fsp3) is 0.429. The molecule has 17 heavy (non-hydrogen) atoms. The third-order valence-corrected chi connectivity index (χ3v) is 2.94. The van der Waals surface area contributed by atoms with Crippen molar-refractivity contribution in [1.82, 2.24) is 0 Å². The van der Waals surface area contributed by atoms with Gasteiger partial charge in [0.2, 0.25) is 0 Å². The minimum atomic E-state index is -1.64. The van der Waals surface area contributed by atoms with E-state index in [4.69, 9.17) is 5.26 Å². The summed E-state index contributed by atoms with van der Waals surface area (Å²) in [6.07, 6.45) is -0.184. The molecule has 0 aliphatic rings. The first-order valence-electron chi connectivity index (χ1n) is 5.52. The maximum atomic E-state index is 12.0. The van der Waals surface area contributed by atoms with Gasteiger partial charge in [-0.2, -0.15) is 5.26 Å². The van der Waals surface area contributed by atoms with Crippen molar-refractivity contribution >= 4 is 5.78 Å². The molecule has 1 unspecified atom stereocenters. The highest BCUT2D eigenvalue weighted by molar-refractivity contribution is 5.97. The molecule has 0 aromatic heterocycles. The van der Waals surface area contributed by atoms with Gasteiger partial charge in [0, 0.05) is 11.0 Å². The van der Waals surface area contributed by atoms with Crippen LogP contribution in [0.5, 0.6) is 0 Å². The summed E-state index contributed by atoms with van der Waals surface area (Å²) >= 11 is 0. The number of hydrogen-bond donors (Lipinski definition) is 1. The van der Waals surface area contributed by atoms with E-state index >= 15 is 0 Å². The molecule has 90 valence electrons. The molecule has 0 saturated carbocycles. The number of carbonyl (C=O) groups excluding carboxylic acids is 1. The topological polar surface area (TPSA) is 61.1 Å². The largest absolute Gasteiger partial charge is 0.374 e. The van der Waals surface area contributed by atoms with Crippen LogP contribution in [0, 0.1) is 16.7 Å². The first-order chi connectivity index (χ1) is 7.80. The summed E-state index contributed by atoms with van der Waals surface area (Å²) in [5.41, 5.74) is -1.78. The van der Waals surface area contributed by atoms with Crippen LogP contribution in [0.1, 0.15) is 37.6 Å². The van der Waals surface area contributed by atoms with Crippen molar-refractivity contribution in [2.24, 2.45) is 5.41 Å². The molecule has 0 heterocycles. The zero-order valence-electron chi connectivity index (χ0n) is 10.4. The van der Waals surface area contributed by atoms with Crippen LogP contribution in [0.15, 0.2) is 30.3 Å². The highest BCUT2D eigenvalue weighted by Gasteiger charge is 2.42. The minimum absolute atomic E-state index is 0.184. The van der Waals surface area contributed by atoms with Crippen LogP contribution in [0.3, 0.4) is 0 Å². The molecular formula is C14H17NO2. The van der Waals surface area contributed by atoms with Gasteiger partial charge in [0.1, 0.15) is 0 Å². The Kier molecular flexibility index (Phi) is 3.69. The normalized spacial score (nSPS) is 14.8. The summed E-state index contributed by atoms with van der Waals surface area (Å²) in [6.45, 7) is 5.23. The fourth-order valence-electron chi connectivity index (χ4n) is 1.43. The zero-order chi connectivity index (χ0) is 13.1. The SMILES string of the molecule is CC(C)(C)C(O)(C#N)CC(=O)c1ccccc1. The van der Waals surface area contributed by atoms with E-state index in [0.717, 1.165) is 0 Å². The molecule has 0 aliphatic carbocycles. The van der Waals surface area contributed by atoms with Gasteiger partial charge in [0.25, 0.3) is 0 Å². The molecule has 0 radical (unpaired) electrons. The van der Waals surface area contributed by atoms with Gasteiger partial charge in [0.05, 0.1) is 12.5 Å². The van der Waals surface area contributed by atoms with E-state index in [1.165, 1.54) is 0 Å². The smallest absolute Gasteiger partial charge is 0.166 e. The molecule has 3 nitrogen and oxygen atoms in total. The molecule has 0 spiro atoms.